The summed E-state index contributed by atoms with van der Waals surface area (Å²) in [4.78, 5) is 12.3. The number of nitrogens with zero attached hydrogens (tertiary/aromatic N) is 1. The van der Waals surface area contributed by atoms with Gasteiger partial charge in [0, 0.05) is 11.6 Å². The van der Waals surface area contributed by atoms with Crippen molar-refractivity contribution in [1.29, 1.82) is 0 Å². The number of aryl methyl sites for hydroxylation is 1. The van der Waals surface area contributed by atoms with Crippen molar-refractivity contribution >= 4 is 11.6 Å². The highest BCUT2D eigenvalue weighted by atomic mass is 19.1. The molecule has 0 aliphatic heterocycles. The Morgan fingerprint density at radius 1 is 1.16 bits per heavy atom. The number of H-pyrrole nitrogens is 1. The van der Waals surface area contributed by atoms with Crippen LogP contribution < -0.4 is 10.1 Å². The van der Waals surface area contributed by atoms with Crippen LogP contribution in [-0.4, -0.2) is 23.2 Å². The third-order valence-electron chi connectivity index (χ3n) is 3.72. The maximum atomic E-state index is 13.8. The van der Waals surface area contributed by atoms with Crippen molar-refractivity contribution in [1.82, 2.24) is 10.2 Å². The molecule has 2 N–H and O–H groups in total. The Balaban J connectivity index is 1.92. The summed E-state index contributed by atoms with van der Waals surface area (Å²) in [6.45, 7) is 1.73. The molecule has 1 amide bonds. The zero-order chi connectivity index (χ0) is 18.0. The fourth-order valence-electron chi connectivity index (χ4n) is 2.39. The van der Waals surface area contributed by atoms with Crippen LogP contribution in [0.15, 0.2) is 42.5 Å². The Kier molecular flexibility index (Phi) is 4.47. The van der Waals surface area contributed by atoms with Gasteiger partial charge in [0.15, 0.2) is 0 Å². The summed E-state index contributed by atoms with van der Waals surface area (Å²) >= 11 is 0. The number of benzene rings is 2. The predicted octanol–water partition coefficient (Wildman–Crippen LogP) is 3.92. The second-order valence-corrected chi connectivity index (χ2v) is 5.38. The van der Waals surface area contributed by atoms with E-state index < -0.39 is 17.5 Å². The number of rotatable bonds is 4. The number of halogens is 2. The summed E-state index contributed by atoms with van der Waals surface area (Å²) in [5.41, 5.74) is 2.05. The van der Waals surface area contributed by atoms with Crippen molar-refractivity contribution in [2.24, 2.45) is 0 Å². The normalized spacial score (nSPS) is 10.6. The zero-order valence-corrected chi connectivity index (χ0v) is 13.6. The van der Waals surface area contributed by atoms with Gasteiger partial charge in [0.25, 0.3) is 5.91 Å². The maximum Gasteiger partial charge on any atom is 0.258 e. The number of amides is 1. The van der Waals surface area contributed by atoms with Crippen LogP contribution in [0, 0.1) is 18.6 Å². The van der Waals surface area contributed by atoms with Gasteiger partial charge in [-0.2, -0.15) is 5.10 Å². The topological polar surface area (TPSA) is 67.0 Å². The van der Waals surface area contributed by atoms with E-state index in [9.17, 15) is 13.6 Å². The van der Waals surface area contributed by atoms with Crippen LogP contribution in [0.3, 0.4) is 0 Å². The molecule has 25 heavy (non-hydrogen) atoms. The summed E-state index contributed by atoms with van der Waals surface area (Å²) in [5, 5.41) is 9.62. The lowest BCUT2D eigenvalue weighted by molar-refractivity contribution is 0.102. The SMILES string of the molecule is COc1ccc(-c2n[nH]c(C)c2NC(=O)c2ccc(F)cc2F)cc1. The van der Waals surface area contributed by atoms with Gasteiger partial charge in [-0.25, -0.2) is 8.78 Å². The number of aromatic amines is 1. The van der Waals surface area contributed by atoms with E-state index in [4.69, 9.17) is 4.74 Å². The molecule has 0 aliphatic rings. The van der Waals surface area contributed by atoms with E-state index >= 15 is 0 Å². The highest BCUT2D eigenvalue weighted by molar-refractivity contribution is 6.06. The molecule has 3 aromatic rings. The van der Waals surface area contributed by atoms with Crippen LogP contribution in [-0.2, 0) is 0 Å². The fourth-order valence-corrected chi connectivity index (χ4v) is 2.39. The highest BCUT2D eigenvalue weighted by Crippen LogP contribution is 2.30. The Labute approximate surface area is 142 Å². The molecule has 0 aliphatic carbocycles. The molecule has 128 valence electrons. The van der Waals surface area contributed by atoms with Gasteiger partial charge >= 0.3 is 0 Å². The number of carbonyl (C=O) groups excluding carboxylic acids is 1. The van der Waals surface area contributed by atoms with Crippen LogP contribution >= 0.6 is 0 Å². The van der Waals surface area contributed by atoms with Gasteiger partial charge < -0.3 is 10.1 Å². The molecule has 0 unspecified atom stereocenters. The van der Waals surface area contributed by atoms with Crippen molar-refractivity contribution in [3.63, 3.8) is 0 Å². The molecular formula is C18H15F2N3O2. The lowest BCUT2D eigenvalue weighted by Gasteiger charge is -2.08. The minimum absolute atomic E-state index is 0.248. The predicted molar refractivity (Wildman–Crippen MR) is 89.6 cm³/mol. The number of methoxy groups -OCH3 is 1. The molecule has 0 saturated carbocycles. The number of hydrogen-bond acceptors (Lipinski definition) is 3. The second kappa shape index (κ2) is 6.72. The second-order valence-electron chi connectivity index (χ2n) is 5.38. The Hall–Kier alpha value is -3.22. The van der Waals surface area contributed by atoms with Gasteiger partial charge in [0.2, 0.25) is 0 Å². The van der Waals surface area contributed by atoms with Crippen molar-refractivity contribution in [2.45, 2.75) is 6.92 Å². The monoisotopic (exact) mass is 343 g/mol. The lowest BCUT2D eigenvalue weighted by Crippen LogP contribution is -2.14. The van der Waals surface area contributed by atoms with Crippen molar-refractivity contribution in [3.05, 3.63) is 65.4 Å². The van der Waals surface area contributed by atoms with Gasteiger partial charge in [-0.05, 0) is 43.3 Å². The van der Waals surface area contributed by atoms with Gasteiger partial charge in [-0.3, -0.25) is 9.89 Å². The Bertz CT molecular complexity index is 921. The molecule has 0 fully saturated rings. The molecule has 0 saturated heterocycles. The van der Waals surface area contributed by atoms with Crippen LogP contribution in [0.1, 0.15) is 16.1 Å². The molecule has 2 aromatic carbocycles. The molecule has 0 atom stereocenters. The maximum absolute atomic E-state index is 13.8. The molecule has 0 radical (unpaired) electrons. The van der Waals surface area contributed by atoms with Crippen LogP contribution in [0.5, 0.6) is 5.75 Å². The average molecular weight is 343 g/mol. The minimum atomic E-state index is -0.926. The van der Waals surface area contributed by atoms with Gasteiger partial charge in [-0.15, -0.1) is 0 Å². The van der Waals surface area contributed by atoms with Crippen LogP contribution in [0.25, 0.3) is 11.3 Å². The van der Waals surface area contributed by atoms with E-state index in [0.717, 1.165) is 17.7 Å². The molecule has 1 aromatic heterocycles. The number of hydrogen-bond donors (Lipinski definition) is 2. The number of carbonyl (C=O) groups is 1. The Morgan fingerprint density at radius 3 is 2.52 bits per heavy atom. The number of aromatic nitrogens is 2. The van der Waals surface area contributed by atoms with E-state index in [-0.39, 0.29) is 5.56 Å². The van der Waals surface area contributed by atoms with Crippen LogP contribution in [0.2, 0.25) is 0 Å². The number of anilines is 1. The summed E-state index contributed by atoms with van der Waals surface area (Å²) in [7, 11) is 1.57. The summed E-state index contributed by atoms with van der Waals surface area (Å²) in [6.07, 6.45) is 0. The van der Waals surface area contributed by atoms with E-state index in [1.807, 2.05) is 0 Å². The summed E-state index contributed by atoms with van der Waals surface area (Å²) in [5.74, 6) is -1.66. The average Bonchev–Trinajstić information content (AvgIpc) is 2.95. The third-order valence-corrected chi connectivity index (χ3v) is 3.72. The first-order valence-corrected chi connectivity index (χ1v) is 7.45. The van der Waals surface area contributed by atoms with Crippen molar-refractivity contribution < 1.29 is 18.3 Å². The summed E-state index contributed by atoms with van der Waals surface area (Å²) < 4.78 is 31.9. The molecule has 7 heteroatoms. The van der Waals surface area contributed by atoms with E-state index in [1.54, 1.807) is 38.3 Å². The smallest absolute Gasteiger partial charge is 0.258 e. The Morgan fingerprint density at radius 2 is 1.88 bits per heavy atom. The zero-order valence-electron chi connectivity index (χ0n) is 13.6. The molecule has 0 spiro atoms. The van der Waals surface area contributed by atoms with Gasteiger partial charge in [-0.1, -0.05) is 0 Å². The van der Waals surface area contributed by atoms with E-state index in [1.165, 1.54) is 0 Å². The van der Waals surface area contributed by atoms with Gasteiger partial charge in [0.1, 0.15) is 23.1 Å². The van der Waals surface area contributed by atoms with Crippen molar-refractivity contribution in [3.8, 4) is 17.0 Å². The molecule has 5 nitrogen and oxygen atoms in total. The number of ether oxygens (including phenoxy) is 1. The highest BCUT2D eigenvalue weighted by Gasteiger charge is 2.18. The first-order chi connectivity index (χ1) is 12.0. The summed E-state index contributed by atoms with van der Waals surface area (Å²) in [6, 6.07) is 9.93. The molecule has 3 rings (SSSR count). The first-order valence-electron chi connectivity index (χ1n) is 7.45. The van der Waals surface area contributed by atoms with Crippen LogP contribution in [0.4, 0.5) is 14.5 Å². The molecule has 0 bridgehead atoms. The molecular weight excluding hydrogens is 328 g/mol. The minimum Gasteiger partial charge on any atom is -0.497 e. The third kappa shape index (κ3) is 3.35. The van der Waals surface area contributed by atoms with Crippen molar-refractivity contribution in [2.75, 3.05) is 12.4 Å². The standard InChI is InChI=1S/C18H15F2N3O2/c1-10-16(21-18(24)14-8-5-12(19)9-15(14)20)17(23-22-10)11-3-6-13(25-2)7-4-11/h3-9H,1-2H3,(H,21,24)(H,22,23). The largest absolute Gasteiger partial charge is 0.497 e. The van der Waals surface area contributed by atoms with E-state index in [0.29, 0.717) is 28.9 Å². The lowest BCUT2D eigenvalue weighted by atomic mass is 10.1. The van der Waals surface area contributed by atoms with Gasteiger partial charge in [0.05, 0.1) is 24.1 Å². The quantitative estimate of drug-likeness (QED) is 0.754. The molecule has 1 heterocycles. The van der Waals surface area contributed by atoms with E-state index in [2.05, 4.69) is 15.5 Å². The number of nitrogens with one attached hydrogen (secondary N) is 2. The first kappa shape index (κ1) is 16.6. The fraction of sp³-hybridized carbons (Fsp3) is 0.111.